The molecule has 0 bridgehead atoms. The molecule has 0 amide bonds. The van der Waals surface area contributed by atoms with Crippen molar-refractivity contribution in [3.8, 4) is 11.5 Å². The molecule has 0 aliphatic carbocycles. The highest BCUT2D eigenvalue weighted by atomic mass is 79.9. The molecule has 0 N–H and O–H groups in total. The number of oxazole rings is 1. The fraction of sp³-hybridized carbons (Fsp3) is 0.471. The molecular formula is C17H21BrN2O2. The Morgan fingerprint density at radius 1 is 1.36 bits per heavy atom. The van der Waals surface area contributed by atoms with Crippen LogP contribution in [0.1, 0.15) is 17.9 Å². The zero-order valence-electron chi connectivity index (χ0n) is 13.0. The van der Waals surface area contributed by atoms with E-state index in [0.717, 1.165) is 54.0 Å². The van der Waals surface area contributed by atoms with Gasteiger partial charge in [-0.1, -0.05) is 15.9 Å². The first-order valence-corrected chi connectivity index (χ1v) is 8.42. The van der Waals surface area contributed by atoms with E-state index < -0.39 is 0 Å². The van der Waals surface area contributed by atoms with Gasteiger partial charge in [-0.2, -0.15) is 0 Å². The second-order valence-corrected chi connectivity index (χ2v) is 6.64. The van der Waals surface area contributed by atoms with Gasteiger partial charge in [0.25, 0.3) is 0 Å². The summed E-state index contributed by atoms with van der Waals surface area (Å²) in [5, 5.41) is 0. The molecule has 118 valence electrons. The van der Waals surface area contributed by atoms with Gasteiger partial charge in [0.05, 0.1) is 11.8 Å². The summed E-state index contributed by atoms with van der Waals surface area (Å²) in [4.78, 5) is 7.10. The Morgan fingerprint density at radius 2 is 2.14 bits per heavy atom. The van der Waals surface area contributed by atoms with Crippen LogP contribution in [0.5, 0.6) is 0 Å². The second kappa shape index (κ2) is 6.94. The summed E-state index contributed by atoms with van der Waals surface area (Å²) in [5.74, 6) is 1.62. The standard InChI is InChI=1S/C17H21BrN2O2/c1-12-16(8-10-20-9-7-15(11-20)21-2)19-17(22-12)13-3-5-14(18)6-4-13/h3-6,15H,7-11H2,1-2H3/t15-/m1/s1. The molecule has 0 radical (unpaired) electrons. The molecule has 1 aliphatic rings. The molecule has 5 heteroatoms. The molecule has 2 aromatic rings. The van der Waals surface area contributed by atoms with E-state index in [-0.39, 0.29) is 0 Å². The molecule has 2 heterocycles. The quantitative estimate of drug-likeness (QED) is 0.810. The van der Waals surface area contributed by atoms with Crippen LogP contribution in [-0.4, -0.2) is 42.7 Å². The monoisotopic (exact) mass is 364 g/mol. The topological polar surface area (TPSA) is 38.5 Å². The fourth-order valence-corrected chi connectivity index (χ4v) is 3.10. The molecule has 0 spiro atoms. The van der Waals surface area contributed by atoms with E-state index in [4.69, 9.17) is 9.15 Å². The van der Waals surface area contributed by atoms with Crippen molar-refractivity contribution in [1.29, 1.82) is 0 Å². The molecule has 1 aliphatic heterocycles. The summed E-state index contributed by atoms with van der Waals surface area (Å²) in [7, 11) is 1.79. The third-order valence-electron chi connectivity index (χ3n) is 4.21. The van der Waals surface area contributed by atoms with E-state index in [1.54, 1.807) is 7.11 Å². The normalized spacial score (nSPS) is 19.0. The van der Waals surface area contributed by atoms with Gasteiger partial charge in [0.1, 0.15) is 5.76 Å². The minimum absolute atomic E-state index is 0.386. The van der Waals surface area contributed by atoms with Gasteiger partial charge < -0.3 is 14.1 Å². The van der Waals surface area contributed by atoms with Crippen LogP contribution < -0.4 is 0 Å². The van der Waals surface area contributed by atoms with Crippen LogP contribution in [0.4, 0.5) is 0 Å². The van der Waals surface area contributed by atoms with Crippen LogP contribution in [-0.2, 0) is 11.2 Å². The molecule has 1 fully saturated rings. The Hall–Kier alpha value is -1.17. The first-order valence-electron chi connectivity index (χ1n) is 7.63. The van der Waals surface area contributed by atoms with E-state index in [0.29, 0.717) is 12.0 Å². The number of aryl methyl sites for hydroxylation is 1. The van der Waals surface area contributed by atoms with Gasteiger partial charge in [-0.25, -0.2) is 4.98 Å². The maximum atomic E-state index is 5.83. The first-order chi connectivity index (χ1) is 10.7. The van der Waals surface area contributed by atoms with Crippen molar-refractivity contribution in [2.45, 2.75) is 25.9 Å². The third-order valence-corrected chi connectivity index (χ3v) is 4.74. The average molecular weight is 365 g/mol. The van der Waals surface area contributed by atoms with Crippen LogP contribution in [0, 0.1) is 6.92 Å². The molecule has 3 rings (SSSR count). The van der Waals surface area contributed by atoms with Gasteiger partial charge in [-0.05, 0) is 37.6 Å². The Morgan fingerprint density at radius 3 is 2.82 bits per heavy atom. The molecule has 1 atom stereocenters. The smallest absolute Gasteiger partial charge is 0.226 e. The van der Waals surface area contributed by atoms with E-state index >= 15 is 0 Å². The molecular weight excluding hydrogens is 344 g/mol. The lowest BCUT2D eigenvalue weighted by Crippen LogP contribution is -2.25. The minimum Gasteiger partial charge on any atom is -0.441 e. The second-order valence-electron chi connectivity index (χ2n) is 5.73. The summed E-state index contributed by atoms with van der Waals surface area (Å²) in [5.41, 5.74) is 2.07. The van der Waals surface area contributed by atoms with Gasteiger partial charge in [-0.15, -0.1) is 0 Å². The third kappa shape index (κ3) is 3.59. The SMILES string of the molecule is CO[C@@H]1CCN(CCc2nc(-c3ccc(Br)cc3)oc2C)C1. The summed E-state index contributed by atoms with van der Waals surface area (Å²) in [6.07, 6.45) is 2.43. The maximum absolute atomic E-state index is 5.83. The van der Waals surface area contributed by atoms with Crippen LogP contribution in [0.15, 0.2) is 33.2 Å². The highest BCUT2D eigenvalue weighted by Gasteiger charge is 2.22. The maximum Gasteiger partial charge on any atom is 0.226 e. The van der Waals surface area contributed by atoms with Crippen molar-refractivity contribution in [1.82, 2.24) is 9.88 Å². The molecule has 0 saturated carbocycles. The first kappa shape index (κ1) is 15.7. The summed E-state index contributed by atoms with van der Waals surface area (Å²) < 4.78 is 12.3. The van der Waals surface area contributed by atoms with Gasteiger partial charge in [0.15, 0.2) is 0 Å². The lowest BCUT2D eigenvalue weighted by molar-refractivity contribution is 0.108. The number of rotatable bonds is 5. The number of ether oxygens (including phenoxy) is 1. The van der Waals surface area contributed by atoms with Crippen LogP contribution in [0.3, 0.4) is 0 Å². The number of likely N-dealkylation sites (tertiary alicyclic amines) is 1. The summed E-state index contributed by atoms with van der Waals surface area (Å²) in [6.45, 7) is 5.13. The van der Waals surface area contributed by atoms with Crippen LogP contribution in [0.25, 0.3) is 11.5 Å². The van der Waals surface area contributed by atoms with Crippen LogP contribution >= 0.6 is 15.9 Å². The fourth-order valence-electron chi connectivity index (χ4n) is 2.83. The number of methoxy groups -OCH3 is 1. The number of benzene rings is 1. The predicted molar refractivity (Wildman–Crippen MR) is 89.9 cm³/mol. The number of nitrogens with zero attached hydrogens (tertiary/aromatic N) is 2. The number of aromatic nitrogens is 1. The van der Waals surface area contributed by atoms with Crippen molar-refractivity contribution >= 4 is 15.9 Å². The molecule has 1 aromatic heterocycles. The lowest BCUT2D eigenvalue weighted by atomic mass is 10.2. The summed E-state index contributed by atoms with van der Waals surface area (Å²) in [6, 6.07) is 8.04. The van der Waals surface area contributed by atoms with Gasteiger partial charge >= 0.3 is 0 Å². The average Bonchev–Trinajstić information content (AvgIpc) is 3.12. The molecule has 1 aromatic carbocycles. The predicted octanol–water partition coefficient (Wildman–Crippen LogP) is 3.68. The zero-order valence-corrected chi connectivity index (χ0v) is 14.6. The van der Waals surface area contributed by atoms with Crippen molar-refractivity contribution < 1.29 is 9.15 Å². The zero-order chi connectivity index (χ0) is 15.5. The van der Waals surface area contributed by atoms with Crippen molar-refractivity contribution in [3.05, 3.63) is 40.2 Å². The number of halogens is 1. The molecule has 22 heavy (non-hydrogen) atoms. The lowest BCUT2D eigenvalue weighted by Gasteiger charge is -2.14. The highest BCUT2D eigenvalue weighted by molar-refractivity contribution is 9.10. The molecule has 0 unspecified atom stereocenters. The molecule has 4 nitrogen and oxygen atoms in total. The Kier molecular flexibility index (Phi) is 4.96. The Balaban J connectivity index is 1.64. The van der Waals surface area contributed by atoms with E-state index in [1.807, 2.05) is 31.2 Å². The molecule has 1 saturated heterocycles. The van der Waals surface area contributed by atoms with E-state index in [9.17, 15) is 0 Å². The van der Waals surface area contributed by atoms with E-state index in [2.05, 4.69) is 25.8 Å². The largest absolute Gasteiger partial charge is 0.441 e. The van der Waals surface area contributed by atoms with Gasteiger partial charge in [-0.3, -0.25) is 0 Å². The number of hydrogen-bond acceptors (Lipinski definition) is 4. The van der Waals surface area contributed by atoms with Crippen molar-refractivity contribution in [3.63, 3.8) is 0 Å². The Bertz CT molecular complexity index is 624. The van der Waals surface area contributed by atoms with Crippen LogP contribution in [0.2, 0.25) is 0 Å². The van der Waals surface area contributed by atoms with Gasteiger partial charge in [0, 0.05) is 43.2 Å². The number of hydrogen-bond donors (Lipinski definition) is 0. The minimum atomic E-state index is 0.386. The summed E-state index contributed by atoms with van der Waals surface area (Å²) >= 11 is 3.44. The highest BCUT2D eigenvalue weighted by Crippen LogP contribution is 2.24. The van der Waals surface area contributed by atoms with E-state index in [1.165, 1.54) is 0 Å². The van der Waals surface area contributed by atoms with Crippen molar-refractivity contribution in [2.24, 2.45) is 0 Å². The Labute approximate surface area is 139 Å². The van der Waals surface area contributed by atoms with Crippen molar-refractivity contribution in [2.75, 3.05) is 26.7 Å². The van der Waals surface area contributed by atoms with Gasteiger partial charge in [0.2, 0.25) is 5.89 Å².